The van der Waals surface area contributed by atoms with Crippen LogP contribution in [0.4, 0.5) is 0 Å². The zero-order valence-electron chi connectivity index (χ0n) is 16.0. The van der Waals surface area contributed by atoms with Crippen molar-refractivity contribution in [1.82, 2.24) is 0 Å². The standard InChI is InChI=1S/2C10H14O3S/c11-14(12)8-4-7-10(13-14)9-5-2-1-3-6-9;11-14(12)8-10(6-7-13-14)9-4-2-1-3-5-9/h4,7-9H,1-3,5-6H2;6-9H,1-5H2. The molecule has 4 rings (SSSR count). The average Bonchev–Trinajstić information content (AvgIpc) is 2.68. The highest BCUT2D eigenvalue weighted by molar-refractivity contribution is 7.90. The molecule has 0 spiro atoms. The molecular weight excluding hydrogens is 400 g/mol. The first kappa shape index (κ1) is 21.2. The lowest BCUT2D eigenvalue weighted by atomic mass is 9.84. The van der Waals surface area contributed by atoms with Gasteiger partial charge in [0.15, 0.2) is 0 Å². The number of rotatable bonds is 2. The molecule has 2 aliphatic carbocycles. The first-order valence-corrected chi connectivity index (χ1v) is 12.9. The molecule has 0 atom stereocenters. The van der Waals surface area contributed by atoms with Crippen molar-refractivity contribution < 1.29 is 25.2 Å². The molecule has 0 amide bonds. The summed E-state index contributed by atoms with van der Waals surface area (Å²) >= 11 is 0. The maximum Gasteiger partial charge on any atom is 0.331 e. The Labute approximate surface area is 168 Å². The predicted octanol–water partition coefficient (Wildman–Crippen LogP) is 4.65. The van der Waals surface area contributed by atoms with E-state index in [1.54, 1.807) is 18.2 Å². The van der Waals surface area contributed by atoms with Crippen LogP contribution in [0.15, 0.2) is 46.6 Å². The maximum absolute atomic E-state index is 11.2. The number of allylic oxidation sites excluding steroid dienone is 5. The van der Waals surface area contributed by atoms with Crippen LogP contribution in [0.25, 0.3) is 0 Å². The lowest BCUT2D eigenvalue weighted by Gasteiger charge is -2.24. The summed E-state index contributed by atoms with van der Waals surface area (Å²) in [6.45, 7) is 0. The fourth-order valence-corrected chi connectivity index (χ4v) is 5.75. The van der Waals surface area contributed by atoms with Gasteiger partial charge in [0, 0.05) is 5.92 Å². The van der Waals surface area contributed by atoms with Crippen molar-refractivity contribution >= 4 is 20.2 Å². The molecule has 0 aromatic carbocycles. The van der Waals surface area contributed by atoms with Gasteiger partial charge in [-0.2, -0.15) is 16.8 Å². The van der Waals surface area contributed by atoms with Crippen molar-refractivity contribution in [2.24, 2.45) is 11.8 Å². The molecule has 4 aliphatic rings. The van der Waals surface area contributed by atoms with Crippen molar-refractivity contribution in [2.75, 3.05) is 0 Å². The van der Waals surface area contributed by atoms with Gasteiger partial charge in [0.05, 0.1) is 10.8 Å². The number of hydrogen-bond acceptors (Lipinski definition) is 6. The first-order chi connectivity index (χ1) is 13.3. The van der Waals surface area contributed by atoms with E-state index in [0.29, 0.717) is 17.6 Å². The summed E-state index contributed by atoms with van der Waals surface area (Å²) in [6, 6.07) is 0. The lowest BCUT2D eigenvalue weighted by molar-refractivity contribution is 0.292. The third-order valence-electron chi connectivity index (χ3n) is 5.53. The van der Waals surface area contributed by atoms with Gasteiger partial charge in [-0.1, -0.05) is 38.5 Å². The van der Waals surface area contributed by atoms with Crippen molar-refractivity contribution in [2.45, 2.75) is 64.2 Å². The predicted molar refractivity (Wildman–Crippen MR) is 108 cm³/mol. The smallest absolute Gasteiger partial charge is 0.331 e. The van der Waals surface area contributed by atoms with Crippen LogP contribution in [0.3, 0.4) is 0 Å². The molecule has 156 valence electrons. The minimum Gasteiger partial charge on any atom is -0.387 e. The van der Waals surface area contributed by atoms with Gasteiger partial charge in [-0.15, -0.1) is 0 Å². The minimum atomic E-state index is -3.43. The van der Waals surface area contributed by atoms with Gasteiger partial charge < -0.3 is 8.37 Å². The molecule has 2 fully saturated rings. The number of hydrogen-bond donors (Lipinski definition) is 0. The molecule has 28 heavy (non-hydrogen) atoms. The van der Waals surface area contributed by atoms with Crippen LogP contribution < -0.4 is 0 Å². The first-order valence-electron chi connectivity index (χ1n) is 9.99. The second-order valence-corrected chi connectivity index (χ2v) is 10.5. The Hall–Kier alpha value is -1.54. The van der Waals surface area contributed by atoms with E-state index in [2.05, 4.69) is 4.18 Å². The molecule has 2 saturated carbocycles. The van der Waals surface area contributed by atoms with Crippen LogP contribution in [-0.4, -0.2) is 16.8 Å². The van der Waals surface area contributed by atoms with E-state index in [1.165, 1.54) is 50.2 Å². The SMILES string of the molecule is O=S1(=O)C=C(C2CCCCC2)C=CO1.O=S1(=O)C=CC=C(C2CCCCC2)O1. The third-order valence-corrected chi connectivity index (χ3v) is 7.39. The molecule has 8 heteroatoms. The maximum atomic E-state index is 11.2. The van der Waals surface area contributed by atoms with Crippen LogP contribution in [-0.2, 0) is 28.6 Å². The lowest BCUT2D eigenvalue weighted by Crippen LogP contribution is -2.15. The zero-order valence-corrected chi connectivity index (χ0v) is 17.6. The quantitative estimate of drug-likeness (QED) is 0.595. The fraction of sp³-hybridized carbons (Fsp3) is 0.600. The van der Waals surface area contributed by atoms with Crippen molar-refractivity contribution in [3.8, 4) is 0 Å². The second kappa shape index (κ2) is 9.31. The topological polar surface area (TPSA) is 86.7 Å². The van der Waals surface area contributed by atoms with Gasteiger partial charge in [0.25, 0.3) is 0 Å². The average molecular weight is 429 g/mol. The summed E-state index contributed by atoms with van der Waals surface area (Å²) in [6.07, 6.45) is 18.0. The summed E-state index contributed by atoms with van der Waals surface area (Å²) in [7, 11) is -6.86. The molecule has 2 heterocycles. The van der Waals surface area contributed by atoms with E-state index in [4.69, 9.17) is 4.18 Å². The van der Waals surface area contributed by atoms with Gasteiger partial charge in [0.2, 0.25) is 0 Å². The van der Waals surface area contributed by atoms with E-state index in [-0.39, 0.29) is 0 Å². The van der Waals surface area contributed by atoms with E-state index < -0.39 is 20.2 Å². The highest BCUT2D eigenvalue weighted by atomic mass is 32.2. The summed E-state index contributed by atoms with van der Waals surface area (Å²) < 4.78 is 54.1. The summed E-state index contributed by atoms with van der Waals surface area (Å²) in [5, 5.41) is 2.36. The van der Waals surface area contributed by atoms with Gasteiger partial charge in [-0.05, 0) is 55.4 Å². The molecule has 0 unspecified atom stereocenters. The highest BCUT2D eigenvalue weighted by Gasteiger charge is 2.24. The van der Waals surface area contributed by atoms with Gasteiger partial charge in [-0.25, -0.2) is 0 Å². The molecule has 0 N–H and O–H groups in total. The largest absolute Gasteiger partial charge is 0.387 e. The van der Waals surface area contributed by atoms with Crippen LogP contribution in [0.1, 0.15) is 64.2 Å². The van der Waals surface area contributed by atoms with E-state index >= 15 is 0 Å². The Morgan fingerprint density at radius 1 is 0.786 bits per heavy atom. The third kappa shape index (κ3) is 6.24. The van der Waals surface area contributed by atoms with Crippen molar-refractivity contribution in [1.29, 1.82) is 0 Å². The summed E-state index contributed by atoms with van der Waals surface area (Å²) in [4.78, 5) is 0. The minimum absolute atomic E-state index is 0.309. The Morgan fingerprint density at radius 2 is 1.39 bits per heavy atom. The fourth-order valence-electron chi connectivity index (χ4n) is 4.10. The van der Waals surface area contributed by atoms with Gasteiger partial charge in [0.1, 0.15) is 12.0 Å². The van der Waals surface area contributed by atoms with E-state index in [1.807, 2.05) is 0 Å². The monoisotopic (exact) mass is 428 g/mol. The zero-order chi connectivity index (χ0) is 20.0. The summed E-state index contributed by atoms with van der Waals surface area (Å²) in [5.41, 5.74) is 0.913. The Kier molecular flexibility index (Phi) is 7.04. The van der Waals surface area contributed by atoms with Crippen LogP contribution in [0, 0.1) is 11.8 Å². The Balaban J connectivity index is 0.000000161. The molecule has 0 bridgehead atoms. The van der Waals surface area contributed by atoms with Crippen LogP contribution >= 0.6 is 0 Å². The van der Waals surface area contributed by atoms with Crippen LogP contribution in [0.2, 0.25) is 0 Å². The van der Waals surface area contributed by atoms with Crippen LogP contribution in [0.5, 0.6) is 0 Å². The van der Waals surface area contributed by atoms with Gasteiger partial charge >= 0.3 is 20.2 Å². The highest BCUT2D eigenvalue weighted by Crippen LogP contribution is 2.33. The molecule has 0 saturated heterocycles. The molecule has 6 nitrogen and oxygen atoms in total. The van der Waals surface area contributed by atoms with Gasteiger partial charge in [-0.3, -0.25) is 0 Å². The molecular formula is C20H28O6S2. The normalized spacial score (nSPS) is 26.7. The summed E-state index contributed by atoms with van der Waals surface area (Å²) in [5.74, 6) is 1.36. The van der Waals surface area contributed by atoms with E-state index in [9.17, 15) is 16.8 Å². The van der Waals surface area contributed by atoms with Crippen molar-refractivity contribution in [3.63, 3.8) is 0 Å². The molecule has 2 aliphatic heterocycles. The molecule has 0 radical (unpaired) electrons. The Bertz CT molecular complexity index is 866. The van der Waals surface area contributed by atoms with E-state index in [0.717, 1.165) is 36.7 Å². The Morgan fingerprint density at radius 3 is 1.96 bits per heavy atom. The van der Waals surface area contributed by atoms with Crippen molar-refractivity contribution in [3.05, 3.63) is 46.6 Å². The second-order valence-electron chi connectivity index (χ2n) is 7.65. The molecule has 0 aromatic rings. The molecule has 0 aromatic heterocycles.